The molecule has 1 rings (SSSR count). The van der Waals surface area contributed by atoms with Crippen LogP contribution in [-0.4, -0.2) is 5.16 Å². The predicted molar refractivity (Wildman–Crippen MR) is 38.9 cm³/mol. The summed E-state index contributed by atoms with van der Waals surface area (Å²) in [4.78, 5) is 0. The van der Waals surface area contributed by atoms with Gasteiger partial charge in [-0.05, 0) is 6.92 Å². The largest absolute Gasteiger partial charge is 0.359 e. The van der Waals surface area contributed by atoms with Gasteiger partial charge < -0.3 is 4.52 Å². The van der Waals surface area contributed by atoms with E-state index < -0.39 is 0 Å². The summed E-state index contributed by atoms with van der Waals surface area (Å²) in [5, 5.41) is 4.66. The van der Waals surface area contributed by atoms with Gasteiger partial charge in [-0.2, -0.15) is 0 Å². The maximum atomic E-state index is 5.58. The van der Waals surface area contributed by atoms with E-state index in [1.165, 1.54) is 0 Å². The van der Waals surface area contributed by atoms with Crippen LogP contribution in [0.2, 0.25) is 5.15 Å². The Morgan fingerprint density at radius 1 is 1.78 bits per heavy atom. The molecule has 0 atom stereocenters. The number of halogens is 2. The molecule has 0 fully saturated rings. The molecule has 1 aromatic heterocycles. The molecule has 1 heterocycles. The first kappa shape index (κ1) is 7.09. The number of hydrogen-bond donors (Lipinski definition) is 0. The van der Waals surface area contributed by atoms with Crippen molar-refractivity contribution in [2.75, 3.05) is 0 Å². The molecule has 0 amide bonds. The second-order valence-electron chi connectivity index (χ2n) is 1.66. The molecule has 0 N–H and O–H groups in total. The molecular formula is C5H5BrClNO. The van der Waals surface area contributed by atoms with Crippen LogP contribution in [0.25, 0.3) is 0 Å². The highest BCUT2D eigenvalue weighted by Crippen LogP contribution is 2.19. The molecule has 0 radical (unpaired) electrons. The lowest BCUT2D eigenvalue weighted by molar-refractivity contribution is 0.395. The summed E-state index contributed by atoms with van der Waals surface area (Å²) in [6.45, 7) is 1.87. The molecule has 4 heteroatoms. The Kier molecular flexibility index (Phi) is 2.13. The summed E-state index contributed by atoms with van der Waals surface area (Å²) in [6.07, 6.45) is 0. The quantitative estimate of drug-likeness (QED) is 0.666. The third kappa shape index (κ3) is 1.27. The van der Waals surface area contributed by atoms with Gasteiger partial charge in [0.1, 0.15) is 0 Å². The zero-order valence-electron chi connectivity index (χ0n) is 4.82. The molecule has 9 heavy (non-hydrogen) atoms. The molecule has 0 aliphatic heterocycles. The van der Waals surface area contributed by atoms with Gasteiger partial charge in [0.05, 0.1) is 5.33 Å². The van der Waals surface area contributed by atoms with Crippen molar-refractivity contribution in [1.82, 2.24) is 5.16 Å². The lowest BCUT2D eigenvalue weighted by atomic mass is 10.3. The fourth-order valence-electron chi connectivity index (χ4n) is 0.472. The Bertz CT molecular complexity index is 211. The molecule has 0 aromatic carbocycles. The number of alkyl halides is 1. The van der Waals surface area contributed by atoms with E-state index in [1.54, 1.807) is 0 Å². The highest BCUT2D eigenvalue weighted by Gasteiger charge is 2.06. The van der Waals surface area contributed by atoms with Gasteiger partial charge >= 0.3 is 0 Å². The van der Waals surface area contributed by atoms with Gasteiger partial charge in [-0.1, -0.05) is 32.7 Å². The van der Waals surface area contributed by atoms with Crippen LogP contribution in [0.4, 0.5) is 0 Å². The highest BCUT2D eigenvalue weighted by atomic mass is 79.9. The maximum absolute atomic E-state index is 5.58. The van der Waals surface area contributed by atoms with Crippen molar-refractivity contribution < 1.29 is 4.52 Å². The fourth-order valence-corrected chi connectivity index (χ4v) is 1.13. The van der Waals surface area contributed by atoms with Crippen molar-refractivity contribution in [2.45, 2.75) is 12.3 Å². The van der Waals surface area contributed by atoms with Crippen molar-refractivity contribution in [3.8, 4) is 0 Å². The molecule has 2 nitrogen and oxygen atoms in total. The minimum atomic E-state index is 0.449. The smallest absolute Gasteiger partial charge is 0.175 e. The SMILES string of the molecule is Cc1c(Cl)noc1CBr. The summed E-state index contributed by atoms with van der Waals surface area (Å²) < 4.78 is 4.82. The normalized spacial score (nSPS) is 10.1. The van der Waals surface area contributed by atoms with E-state index in [1.807, 2.05) is 6.92 Å². The lowest BCUT2D eigenvalue weighted by Gasteiger charge is -1.83. The first-order valence-corrected chi connectivity index (χ1v) is 3.92. The summed E-state index contributed by atoms with van der Waals surface area (Å²) in [5.41, 5.74) is 0.911. The monoisotopic (exact) mass is 209 g/mol. The van der Waals surface area contributed by atoms with E-state index in [9.17, 15) is 0 Å². The van der Waals surface area contributed by atoms with Gasteiger partial charge in [0, 0.05) is 5.56 Å². The fraction of sp³-hybridized carbons (Fsp3) is 0.400. The first-order chi connectivity index (χ1) is 4.25. The van der Waals surface area contributed by atoms with Gasteiger partial charge in [0.15, 0.2) is 10.9 Å². The lowest BCUT2D eigenvalue weighted by Crippen LogP contribution is -1.73. The Morgan fingerprint density at radius 3 is 2.67 bits per heavy atom. The third-order valence-electron chi connectivity index (χ3n) is 1.09. The molecule has 0 saturated heterocycles. The molecule has 0 spiro atoms. The van der Waals surface area contributed by atoms with Crippen LogP contribution in [0.5, 0.6) is 0 Å². The van der Waals surface area contributed by atoms with Crippen molar-refractivity contribution in [3.63, 3.8) is 0 Å². The van der Waals surface area contributed by atoms with E-state index in [-0.39, 0.29) is 0 Å². The molecule has 0 aliphatic rings. The van der Waals surface area contributed by atoms with Crippen molar-refractivity contribution in [1.29, 1.82) is 0 Å². The molecule has 50 valence electrons. The van der Waals surface area contributed by atoms with E-state index in [0.29, 0.717) is 10.5 Å². The van der Waals surface area contributed by atoms with E-state index in [0.717, 1.165) is 11.3 Å². The minimum absolute atomic E-state index is 0.449. The van der Waals surface area contributed by atoms with Crippen LogP contribution in [-0.2, 0) is 5.33 Å². The molecule has 0 bridgehead atoms. The van der Waals surface area contributed by atoms with E-state index in [4.69, 9.17) is 16.1 Å². The molecule has 0 aliphatic carbocycles. The third-order valence-corrected chi connectivity index (χ3v) is 1.95. The number of aromatic nitrogens is 1. The molecule has 0 saturated carbocycles. The Labute approximate surface area is 66.3 Å². The Morgan fingerprint density at radius 2 is 2.44 bits per heavy atom. The highest BCUT2D eigenvalue weighted by molar-refractivity contribution is 9.08. The van der Waals surface area contributed by atoms with Gasteiger partial charge in [-0.15, -0.1) is 0 Å². The number of hydrogen-bond acceptors (Lipinski definition) is 2. The molecular weight excluding hydrogens is 205 g/mol. The van der Waals surface area contributed by atoms with E-state index >= 15 is 0 Å². The van der Waals surface area contributed by atoms with Crippen molar-refractivity contribution >= 4 is 27.5 Å². The molecule has 1 aromatic rings. The second kappa shape index (κ2) is 2.71. The van der Waals surface area contributed by atoms with Crippen molar-refractivity contribution in [2.24, 2.45) is 0 Å². The zero-order valence-corrected chi connectivity index (χ0v) is 7.16. The average molecular weight is 210 g/mol. The van der Waals surface area contributed by atoms with Gasteiger partial charge in [0.2, 0.25) is 0 Å². The second-order valence-corrected chi connectivity index (χ2v) is 2.57. The van der Waals surface area contributed by atoms with Crippen LogP contribution in [0, 0.1) is 6.92 Å². The minimum Gasteiger partial charge on any atom is -0.359 e. The Balaban J connectivity index is 3.04. The van der Waals surface area contributed by atoms with Gasteiger partial charge in [0.25, 0.3) is 0 Å². The van der Waals surface area contributed by atoms with Crippen LogP contribution in [0.15, 0.2) is 4.52 Å². The van der Waals surface area contributed by atoms with Crippen LogP contribution in [0.1, 0.15) is 11.3 Å². The van der Waals surface area contributed by atoms with Crippen LogP contribution in [0.3, 0.4) is 0 Å². The molecule has 0 unspecified atom stereocenters. The summed E-state index contributed by atoms with van der Waals surface area (Å²) >= 11 is 8.81. The Hall–Kier alpha value is -0.0200. The van der Waals surface area contributed by atoms with Gasteiger partial charge in [-0.3, -0.25) is 0 Å². The summed E-state index contributed by atoms with van der Waals surface area (Å²) in [5.74, 6) is 0.792. The first-order valence-electron chi connectivity index (χ1n) is 2.42. The number of nitrogens with zero attached hydrogens (tertiary/aromatic N) is 1. The topological polar surface area (TPSA) is 26.0 Å². The van der Waals surface area contributed by atoms with Crippen molar-refractivity contribution in [3.05, 3.63) is 16.5 Å². The number of rotatable bonds is 1. The van der Waals surface area contributed by atoms with E-state index in [2.05, 4.69) is 21.1 Å². The zero-order chi connectivity index (χ0) is 6.85. The van der Waals surface area contributed by atoms with Crippen LogP contribution >= 0.6 is 27.5 Å². The standard InChI is InChI=1S/C5H5BrClNO/c1-3-4(2-6)9-8-5(3)7/h2H2,1H3. The summed E-state index contributed by atoms with van der Waals surface area (Å²) in [6, 6.07) is 0. The van der Waals surface area contributed by atoms with Crippen LogP contribution < -0.4 is 0 Å². The van der Waals surface area contributed by atoms with Gasteiger partial charge in [-0.25, -0.2) is 0 Å². The maximum Gasteiger partial charge on any atom is 0.175 e. The predicted octanol–water partition coefficient (Wildman–Crippen LogP) is 2.53. The average Bonchev–Trinajstić information content (AvgIpc) is 2.15. The summed E-state index contributed by atoms with van der Waals surface area (Å²) in [7, 11) is 0.